The molecule has 1 unspecified atom stereocenters. The molecule has 0 bridgehead atoms. The fraction of sp³-hybridized carbons (Fsp3) is 0.750. The van der Waals surface area contributed by atoms with Crippen molar-refractivity contribution in [2.45, 2.75) is 44.8 Å². The fourth-order valence-corrected chi connectivity index (χ4v) is 3.36. The van der Waals surface area contributed by atoms with E-state index >= 15 is 0 Å². The van der Waals surface area contributed by atoms with Crippen molar-refractivity contribution in [1.29, 1.82) is 0 Å². The molecule has 1 atom stereocenters. The predicted molar refractivity (Wildman–Crippen MR) is 83.5 cm³/mol. The number of rotatable bonds is 4. The molecule has 122 valence electrons. The van der Waals surface area contributed by atoms with Gasteiger partial charge in [-0.25, -0.2) is 9.78 Å². The van der Waals surface area contributed by atoms with Gasteiger partial charge in [0.25, 0.3) is 0 Å². The average Bonchev–Trinajstić information content (AvgIpc) is 3.18. The van der Waals surface area contributed by atoms with Gasteiger partial charge < -0.3 is 19.5 Å². The molecule has 0 spiro atoms. The zero-order valence-electron chi connectivity index (χ0n) is 13.3. The molecule has 0 radical (unpaired) electrons. The highest BCUT2D eigenvalue weighted by atomic mass is 16.5. The van der Waals surface area contributed by atoms with E-state index < -0.39 is 0 Å². The van der Waals surface area contributed by atoms with Gasteiger partial charge in [-0.2, -0.15) is 0 Å². The first kappa shape index (κ1) is 15.3. The molecular formula is C16H26N4O2. The molecule has 1 N–H and O–H groups in total. The van der Waals surface area contributed by atoms with E-state index in [1.54, 1.807) is 0 Å². The predicted octanol–water partition coefficient (Wildman–Crippen LogP) is 1.87. The molecule has 1 aromatic rings. The van der Waals surface area contributed by atoms with E-state index in [0.29, 0.717) is 12.5 Å². The molecule has 6 nitrogen and oxygen atoms in total. The number of likely N-dealkylation sites (tertiary alicyclic amines) is 1. The molecule has 1 aromatic heterocycles. The second-order valence-electron chi connectivity index (χ2n) is 6.75. The number of carbonyl (C=O) groups excluding carboxylic acids is 1. The van der Waals surface area contributed by atoms with Crippen LogP contribution in [0.15, 0.2) is 18.7 Å². The summed E-state index contributed by atoms with van der Waals surface area (Å²) in [6, 6.07) is 0.0535. The standard InChI is InChI=1S/C16H26N4O2/c1-16(5-2-10-22-16)12-18-15(21)20-7-3-14(4-8-20)11-19-9-6-17-13-19/h6,9,13-14H,2-5,7-8,10-12H2,1H3,(H,18,21). The minimum Gasteiger partial charge on any atom is -0.373 e. The van der Waals surface area contributed by atoms with Crippen molar-refractivity contribution < 1.29 is 9.53 Å². The lowest BCUT2D eigenvalue weighted by atomic mass is 9.97. The second kappa shape index (κ2) is 6.69. The van der Waals surface area contributed by atoms with E-state index in [0.717, 1.165) is 51.9 Å². The first-order chi connectivity index (χ1) is 10.6. The molecule has 2 aliphatic rings. The minimum atomic E-state index is -0.171. The number of nitrogens with one attached hydrogen (secondary N) is 1. The summed E-state index contributed by atoms with van der Waals surface area (Å²) in [6.07, 6.45) is 9.90. The molecule has 0 saturated carbocycles. The van der Waals surface area contributed by atoms with Crippen LogP contribution in [-0.4, -0.2) is 52.3 Å². The highest BCUT2D eigenvalue weighted by Crippen LogP contribution is 2.24. The van der Waals surface area contributed by atoms with Gasteiger partial charge >= 0.3 is 6.03 Å². The number of ether oxygens (including phenoxy) is 1. The van der Waals surface area contributed by atoms with E-state index in [2.05, 4.69) is 21.8 Å². The third-order valence-corrected chi connectivity index (χ3v) is 4.84. The van der Waals surface area contributed by atoms with Gasteiger partial charge in [-0.1, -0.05) is 0 Å². The average molecular weight is 306 g/mol. The van der Waals surface area contributed by atoms with Crippen molar-refractivity contribution in [2.75, 3.05) is 26.2 Å². The minimum absolute atomic E-state index is 0.0535. The van der Waals surface area contributed by atoms with E-state index in [9.17, 15) is 4.79 Å². The third-order valence-electron chi connectivity index (χ3n) is 4.84. The zero-order valence-corrected chi connectivity index (χ0v) is 13.3. The lowest BCUT2D eigenvalue weighted by Gasteiger charge is -2.33. The number of amides is 2. The van der Waals surface area contributed by atoms with Crippen molar-refractivity contribution in [2.24, 2.45) is 5.92 Å². The Balaban J connectivity index is 1.40. The molecule has 3 heterocycles. The number of imidazole rings is 1. The molecule has 0 aliphatic carbocycles. The summed E-state index contributed by atoms with van der Waals surface area (Å²) < 4.78 is 7.84. The van der Waals surface area contributed by atoms with Gasteiger partial charge in [0.1, 0.15) is 0 Å². The van der Waals surface area contributed by atoms with E-state index in [-0.39, 0.29) is 11.6 Å². The van der Waals surface area contributed by atoms with Crippen LogP contribution in [0.4, 0.5) is 4.79 Å². The lowest BCUT2D eigenvalue weighted by molar-refractivity contribution is 0.0215. The zero-order chi connectivity index (χ0) is 15.4. The number of nitrogens with zero attached hydrogens (tertiary/aromatic N) is 3. The maximum absolute atomic E-state index is 12.3. The molecule has 2 amide bonds. The van der Waals surface area contributed by atoms with Gasteiger partial charge in [0.05, 0.1) is 11.9 Å². The van der Waals surface area contributed by atoms with Gasteiger partial charge in [-0.15, -0.1) is 0 Å². The summed E-state index contributed by atoms with van der Waals surface area (Å²) in [6.45, 7) is 6.18. The molecular weight excluding hydrogens is 280 g/mol. The maximum atomic E-state index is 12.3. The van der Waals surface area contributed by atoms with Crippen molar-refractivity contribution in [1.82, 2.24) is 19.8 Å². The number of hydrogen-bond donors (Lipinski definition) is 1. The number of urea groups is 1. The Bertz CT molecular complexity index is 474. The largest absolute Gasteiger partial charge is 0.373 e. The fourth-order valence-electron chi connectivity index (χ4n) is 3.36. The first-order valence-corrected chi connectivity index (χ1v) is 8.27. The van der Waals surface area contributed by atoms with E-state index in [1.165, 1.54) is 0 Å². The van der Waals surface area contributed by atoms with Crippen LogP contribution in [0.5, 0.6) is 0 Å². The molecule has 22 heavy (non-hydrogen) atoms. The van der Waals surface area contributed by atoms with Crippen LogP contribution in [-0.2, 0) is 11.3 Å². The van der Waals surface area contributed by atoms with Crippen molar-refractivity contribution >= 4 is 6.03 Å². The monoisotopic (exact) mass is 306 g/mol. The Hall–Kier alpha value is -1.56. The quantitative estimate of drug-likeness (QED) is 0.924. The molecule has 3 rings (SSSR count). The van der Waals surface area contributed by atoms with Gasteiger partial charge in [0, 0.05) is 45.2 Å². The van der Waals surface area contributed by atoms with Crippen LogP contribution in [0.1, 0.15) is 32.6 Å². The summed E-state index contributed by atoms with van der Waals surface area (Å²) in [4.78, 5) is 18.3. The van der Waals surface area contributed by atoms with Crippen LogP contribution in [0.2, 0.25) is 0 Å². The molecule has 2 fully saturated rings. The number of aromatic nitrogens is 2. The Labute approximate surface area is 131 Å². The second-order valence-corrected chi connectivity index (χ2v) is 6.75. The van der Waals surface area contributed by atoms with Crippen LogP contribution < -0.4 is 5.32 Å². The summed E-state index contributed by atoms with van der Waals surface area (Å²) in [5, 5.41) is 3.04. The highest BCUT2D eigenvalue weighted by Gasteiger charge is 2.31. The van der Waals surface area contributed by atoms with Crippen molar-refractivity contribution in [3.63, 3.8) is 0 Å². The van der Waals surface area contributed by atoms with Gasteiger partial charge in [-0.3, -0.25) is 0 Å². The van der Waals surface area contributed by atoms with Gasteiger partial charge in [-0.05, 0) is 38.5 Å². The molecule has 2 saturated heterocycles. The number of piperidine rings is 1. The van der Waals surface area contributed by atoms with Gasteiger partial charge in [0.15, 0.2) is 0 Å². The van der Waals surface area contributed by atoms with Crippen LogP contribution in [0, 0.1) is 5.92 Å². The highest BCUT2D eigenvalue weighted by molar-refractivity contribution is 5.74. The van der Waals surface area contributed by atoms with Crippen LogP contribution >= 0.6 is 0 Å². The Morgan fingerprint density at radius 3 is 2.91 bits per heavy atom. The van der Waals surface area contributed by atoms with Crippen LogP contribution in [0.3, 0.4) is 0 Å². The van der Waals surface area contributed by atoms with Crippen LogP contribution in [0.25, 0.3) is 0 Å². The number of carbonyl (C=O) groups is 1. The van der Waals surface area contributed by atoms with E-state index in [4.69, 9.17) is 4.74 Å². The summed E-state index contributed by atoms with van der Waals surface area (Å²) in [5.74, 6) is 0.633. The Morgan fingerprint density at radius 1 is 1.45 bits per heavy atom. The lowest BCUT2D eigenvalue weighted by Crippen LogP contribution is -2.49. The SMILES string of the molecule is CC1(CNC(=O)N2CCC(Cn3ccnc3)CC2)CCCO1. The number of hydrogen-bond acceptors (Lipinski definition) is 3. The third kappa shape index (κ3) is 3.80. The van der Waals surface area contributed by atoms with E-state index in [1.807, 2.05) is 23.6 Å². The molecule has 0 aromatic carbocycles. The Morgan fingerprint density at radius 2 is 2.27 bits per heavy atom. The maximum Gasteiger partial charge on any atom is 0.317 e. The van der Waals surface area contributed by atoms with Crippen molar-refractivity contribution in [3.8, 4) is 0 Å². The summed E-state index contributed by atoms with van der Waals surface area (Å²) in [5.41, 5.74) is -0.171. The first-order valence-electron chi connectivity index (χ1n) is 8.27. The van der Waals surface area contributed by atoms with Gasteiger partial charge in [0.2, 0.25) is 0 Å². The molecule has 6 heteroatoms. The topological polar surface area (TPSA) is 59.4 Å². The summed E-state index contributed by atoms with van der Waals surface area (Å²) in [7, 11) is 0. The molecule has 2 aliphatic heterocycles. The smallest absolute Gasteiger partial charge is 0.317 e. The summed E-state index contributed by atoms with van der Waals surface area (Å²) >= 11 is 0. The Kier molecular flexibility index (Phi) is 4.66. The normalized spacial score (nSPS) is 26.3. The van der Waals surface area contributed by atoms with Crippen molar-refractivity contribution in [3.05, 3.63) is 18.7 Å².